The molecule has 1 amide bonds. The highest BCUT2D eigenvalue weighted by Gasteiger charge is 2.33. The van der Waals surface area contributed by atoms with Crippen LogP contribution in [0.4, 0.5) is 13.2 Å². The molecule has 25 heavy (non-hydrogen) atoms. The second-order valence-electron chi connectivity index (χ2n) is 5.08. The number of rotatable bonds is 5. The van der Waals surface area contributed by atoms with Crippen LogP contribution in [0.5, 0.6) is 11.5 Å². The minimum absolute atomic E-state index is 0.0747. The summed E-state index contributed by atoms with van der Waals surface area (Å²) in [5, 5.41) is 11.9. The van der Waals surface area contributed by atoms with Crippen molar-refractivity contribution in [1.29, 1.82) is 0 Å². The lowest BCUT2D eigenvalue weighted by Crippen LogP contribution is -2.24. The van der Waals surface area contributed by atoms with Crippen LogP contribution in [0.3, 0.4) is 0 Å². The quantitative estimate of drug-likeness (QED) is 0.817. The molecular weight excluding hydrogens is 359 g/mol. The zero-order chi connectivity index (χ0) is 18.6. The lowest BCUT2D eigenvalue weighted by molar-refractivity contribution is -0.137. The van der Waals surface area contributed by atoms with Crippen LogP contribution in [0.2, 0.25) is 5.02 Å². The van der Waals surface area contributed by atoms with Crippen molar-refractivity contribution in [2.24, 2.45) is 0 Å². The average Bonchev–Trinajstić information content (AvgIpc) is 2.53. The number of ether oxygens (including phenoxy) is 1. The molecule has 0 spiro atoms. The van der Waals surface area contributed by atoms with Crippen molar-refractivity contribution in [1.82, 2.24) is 5.32 Å². The highest BCUT2D eigenvalue weighted by Crippen LogP contribution is 2.35. The van der Waals surface area contributed by atoms with E-state index in [0.29, 0.717) is 0 Å². The van der Waals surface area contributed by atoms with Gasteiger partial charge in [-0.3, -0.25) is 4.79 Å². The van der Waals surface area contributed by atoms with Crippen LogP contribution in [0.15, 0.2) is 36.4 Å². The van der Waals surface area contributed by atoms with E-state index >= 15 is 0 Å². The number of carbonyl (C=O) groups is 1. The zero-order valence-electron chi connectivity index (χ0n) is 13.2. The van der Waals surface area contributed by atoms with Gasteiger partial charge in [-0.05, 0) is 36.8 Å². The molecule has 0 aliphatic carbocycles. The van der Waals surface area contributed by atoms with Gasteiger partial charge < -0.3 is 15.2 Å². The first kappa shape index (κ1) is 18.9. The van der Waals surface area contributed by atoms with Gasteiger partial charge in [-0.25, -0.2) is 0 Å². The van der Waals surface area contributed by atoms with Gasteiger partial charge in [0, 0.05) is 6.54 Å². The Labute approximate surface area is 147 Å². The van der Waals surface area contributed by atoms with E-state index < -0.39 is 22.7 Å². The van der Waals surface area contributed by atoms with Crippen LogP contribution in [0.1, 0.15) is 28.4 Å². The predicted octanol–water partition coefficient (Wildman–Crippen LogP) is 4.39. The van der Waals surface area contributed by atoms with Gasteiger partial charge in [-0.15, -0.1) is 0 Å². The van der Waals surface area contributed by atoms with E-state index in [1.165, 1.54) is 24.3 Å². The number of alkyl halides is 3. The fourth-order valence-electron chi connectivity index (χ4n) is 2.19. The molecular formula is C17H15ClF3NO3. The molecule has 0 unspecified atom stereocenters. The number of aromatic hydroxyl groups is 1. The van der Waals surface area contributed by atoms with E-state index in [0.717, 1.165) is 12.1 Å². The van der Waals surface area contributed by atoms with Crippen molar-refractivity contribution >= 4 is 17.5 Å². The Morgan fingerprint density at radius 2 is 2.00 bits per heavy atom. The van der Waals surface area contributed by atoms with Gasteiger partial charge in [0.15, 0.2) is 0 Å². The SMILES string of the molecule is CCOc1cccc(O)c1C(=O)NCc1ccc(Cl)c(C(F)(F)F)c1. The highest BCUT2D eigenvalue weighted by molar-refractivity contribution is 6.31. The van der Waals surface area contributed by atoms with Crippen molar-refractivity contribution < 1.29 is 27.8 Å². The fraction of sp³-hybridized carbons (Fsp3) is 0.235. The van der Waals surface area contributed by atoms with E-state index in [1.807, 2.05) is 0 Å². The predicted molar refractivity (Wildman–Crippen MR) is 86.9 cm³/mol. The molecule has 0 bridgehead atoms. The molecule has 0 aliphatic rings. The monoisotopic (exact) mass is 373 g/mol. The van der Waals surface area contributed by atoms with E-state index in [1.54, 1.807) is 6.92 Å². The van der Waals surface area contributed by atoms with E-state index in [2.05, 4.69) is 5.32 Å². The maximum atomic E-state index is 12.9. The van der Waals surface area contributed by atoms with Crippen LogP contribution in [-0.4, -0.2) is 17.6 Å². The van der Waals surface area contributed by atoms with Gasteiger partial charge in [0.1, 0.15) is 17.1 Å². The standard InChI is InChI=1S/C17H15ClF3NO3/c1-2-25-14-5-3-4-13(23)15(14)16(24)22-9-10-6-7-12(18)11(8-10)17(19,20)21/h3-8,23H,2,9H2,1H3,(H,22,24). The van der Waals surface area contributed by atoms with Gasteiger partial charge in [0.2, 0.25) is 0 Å². The van der Waals surface area contributed by atoms with Crippen LogP contribution in [-0.2, 0) is 12.7 Å². The Hall–Kier alpha value is -2.41. The lowest BCUT2D eigenvalue weighted by Gasteiger charge is -2.13. The van der Waals surface area contributed by atoms with Crippen LogP contribution < -0.4 is 10.1 Å². The summed E-state index contributed by atoms with van der Waals surface area (Å²) in [4.78, 5) is 12.3. The van der Waals surface area contributed by atoms with Crippen molar-refractivity contribution in [3.05, 3.63) is 58.1 Å². The normalized spacial score (nSPS) is 11.2. The Morgan fingerprint density at radius 1 is 1.28 bits per heavy atom. The molecule has 0 atom stereocenters. The highest BCUT2D eigenvalue weighted by atomic mass is 35.5. The minimum Gasteiger partial charge on any atom is -0.507 e. The summed E-state index contributed by atoms with van der Waals surface area (Å²) in [5.41, 5.74) is -0.828. The molecule has 0 saturated heterocycles. The summed E-state index contributed by atoms with van der Waals surface area (Å²) < 4.78 is 43.9. The van der Waals surface area contributed by atoms with E-state index in [-0.39, 0.29) is 35.8 Å². The smallest absolute Gasteiger partial charge is 0.417 e. The van der Waals surface area contributed by atoms with Gasteiger partial charge in [0.25, 0.3) is 5.91 Å². The van der Waals surface area contributed by atoms with Crippen molar-refractivity contribution in [2.45, 2.75) is 19.6 Å². The summed E-state index contributed by atoms with van der Waals surface area (Å²) >= 11 is 5.56. The minimum atomic E-state index is -4.59. The Kier molecular flexibility index (Phi) is 5.79. The maximum absolute atomic E-state index is 12.9. The van der Waals surface area contributed by atoms with Crippen molar-refractivity contribution in [3.8, 4) is 11.5 Å². The first-order chi connectivity index (χ1) is 11.7. The molecule has 134 valence electrons. The lowest BCUT2D eigenvalue weighted by atomic mass is 10.1. The topological polar surface area (TPSA) is 58.6 Å². The number of nitrogens with one attached hydrogen (secondary N) is 1. The number of phenols is 1. The molecule has 0 heterocycles. The van der Waals surface area contributed by atoms with Gasteiger partial charge in [-0.2, -0.15) is 13.2 Å². The molecule has 8 heteroatoms. The average molecular weight is 374 g/mol. The summed E-state index contributed by atoms with van der Waals surface area (Å²) in [5.74, 6) is -0.757. The third kappa shape index (κ3) is 4.57. The molecule has 0 fully saturated rings. The number of benzene rings is 2. The van der Waals surface area contributed by atoms with Crippen molar-refractivity contribution in [3.63, 3.8) is 0 Å². The number of amides is 1. The molecule has 0 aliphatic heterocycles. The zero-order valence-corrected chi connectivity index (χ0v) is 13.9. The van der Waals surface area contributed by atoms with Crippen LogP contribution >= 0.6 is 11.6 Å². The van der Waals surface area contributed by atoms with Gasteiger partial charge >= 0.3 is 6.18 Å². The molecule has 2 aromatic rings. The third-order valence-electron chi connectivity index (χ3n) is 3.32. The second kappa shape index (κ2) is 7.65. The maximum Gasteiger partial charge on any atom is 0.417 e. The number of hydrogen-bond acceptors (Lipinski definition) is 3. The summed E-state index contributed by atoms with van der Waals surface area (Å²) in [7, 11) is 0. The van der Waals surface area contributed by atoms with Crippen LogP contribution in [0, 0.1) is 0 Å². The number of phenolic OH excluding ortho intramolecular Hbond substituents is 1. The molecule has 0 radical (unpaired) electrons. The molecule has 2 N–H and O–H groups in total. The summed E-state index contributed by atoms with van der Waals surface area (Å²) in [6, 6.07) is 7.73. The summed E-state index contributed by atoms with van der Waals surface area (Å²) in [6.45, 7) is 1.84. The number of halogens is 4. The Balaban J connectivity index is 2.19. The van der Waals surface area contributed by atoms with E-state index in [4.69, 9.17) is 16.3 Å². The van der Waals surface area contributed by atoms with Gasteiger partial charge in [-0.1, -0.05) is 23.7 Å². The van der Waals surface area contributed by atoms with E-state index in [9.17, 15) is 23.1 Å². The van der Waals surface area contributed by atoms with Crippen molar-refractivity contribution in [2.75, 3.05) is 6.61 Å². The largest absolute Gasteiger partial charge is 0.507 e. The molecule has 2 aromatic carbocycles. The fourth-order valence-corrected chi connectivity index (χ4v) is 2.42. The van der Waals surface area contributed by atoms with Crippen LogP contribution in [0.25, 0.3) is 0 Å². The second-order valence-corrected chi connectivity index (χ2v) is 5.49. The molecule has 4 nitrogen and oxygen atoms in total. The third-order valence-corrected chi connectivity index (χ3v) is 3.65. The first-order valence-electron chi connectivity index (χ1n) is 7.32. The number of hydrogen-bond donors (Lipinski definition) is 2. The molecule has 2 rings (SSSR count). The Bertz CT molecular complexity index is 778. The summed E-state index contributed by atoms with van der Waals surface area (Å²) in [6.07, 6.45) is -4.59. The molecule has 0 saturated carbocycles. The first-order valence-corrected chi connectivity index (χ1v) is 7.70. The Morgan fingerprint density at radius 3 is 2.64 bits per heavy atom. The molecule has 0 aromatic heterocycles. The van der Waals surface area contributed by atoms with Gasteiger partial charge in [0.05, 0.1) is 17.2 Å². The number of carbonyl (C=O) groups excluding carboxylic acids is 1.